The van der Waals surface area contributed by atoms with E-state index in [1.165, 1.54) is 38.9 Å². The van der Waals surface area contributed by atoms with E-state index in [0.29, 0.717) is 0 Å². The first-order chi connectivity index (χ1) is 14.5. The van der Waals surface area contributed by atoms with E-state index in [1.807, 2.05) is 6.20 Å². The molecular weight excluding hydrogens is 366 g/mol. The van der Waals surface area contributed by atoms with Crippen LogP contribution >= 0.6 is 0 Å². The van der Waals surface area contributed by atoms with Crippen molar-refractivity contribution in [2.24, 2.45) is 0 Å². The molecule has 1 aromatic heterocycles. The van der Waals surface area contributed by atoms with Gasteiger partial charge < -0.3 is 0 Å². The normalized spacial score (nSPS) is 15.5. The zero-order valence-electron chi connectivity index (χ0n) is 18.8. The fourth-order valence-electron chi connectivity index (χ4n) is 4.23. The van der Waals surface area contributed by atoms with E-state index in [-0.39, 0.29) is 0 Å². The highest BCUT2D eigenvalue weighted by Gasteiger charge is 2.17. The molecule has 1 aliphatic rings. The number of piperazine rings is 1. The molecule has 0 atom stereocenters. The molecule has 0 radical (unpaired) electrons. The SMILES string of the molecule is Cc1ccc(CN2CCN(Cc3ccnc(-c4cc(C)c(C)c(C)c4)c3)CC2)cc1. The van der Waals surface area contributed by atoms with Gasteiger partial charge in [0.25, 0.3) is 0 Å². The molecule has 30 heavy (non-hydrogen) atoms. The van der Waals surface area contributed by atoms with Crippen LogP contribution in [0.3, 0.4) is 0 Å². The van der Waals surface area contributed by atoms with Crippen molar-refractivity contribution in [2.45, 2.75) is 40.8 Å². The van der Waals surface area contributed by atoms with Gasteiger partial charge in [-0.3, -0.25) is 14.8 Å². The molecule has 0 amide bonds. The molecule has 0 N–H and O–H groups in total. The lowest BCUT2D eigenvalue weighted by molar-refractivity contribution is 0.122. The van der Waals surface area contributed by atoms with Gasteiger partial charge in [0.1, 0.15) is 0 Å². The highest BCUT2D eigenvalue weighted by molar-refractivity contribution is 5.63. The number of benzene rings is 2. The molecule has 2 aromatic carbocycles. The monoisotopic (exact) mass is 399 g/mol. The van der Waals surface area contributed by atoms with Crippen LogP contribution in [0.25, 0.3) is 11.3 Å². The molecule has 1 saturated heterocycles. The van der Waals surface area contributed by atoms with Crippen molar-refractivity contribution >= 4 is 0 Å². The van der Waals surface area contributed by atoms with E-state index in [0.717, 1.165) is 45.0 Å². The van der Waals surface area contributed by atoms with E-state index < -0.39 is 0 Å². The van der Waals surface area contributed by atoms with E-state index in [9.17, 15) is 0 Å². The molecule has 3 nitrogen and oxygen atoms in total. The van der Waals surface area contributed by atoms with Gasteiger partial charge in [0.05, 0.1) is 5.69 Å². The topological polar surface area (TPSA) is 19.4 Å². The van der Waals surface area contributed by atoms with Crippen LogP contribution < -0.4 is 0 Å². The van der Waals surface area contributed by atoms with E-state index >= 15 is 0 Å². The number of hydrogen-bond donors (Lipinski definition) is 0. The molecule has 0 saturated carbocycles. The standard InChI is InChI=1S/C27H33N3/c1-20-5-7-24(8-6-20)18-29-11-13-30(14-12-29)19-25-9-10-28-27(17-25)26-15-21(2)23(4)22(3)16-26/h5-10,15-17H,11-14,18-19H2,1-4H3. The van der Waals surface area contributed by atoms with E-state index in [1.54, 1.807) is 0 Å². The van der Waals surface area contributed by atoms with Crippen LogP contribution in [0.1, 0.15) is 33.4 Å². The average Bonchev–Trinajstić information content (AvgIpc) is 2.75. The zero-order valence-corrected chi connectivity index (χ0v) is 18.8. The van der Waals surface area contributed by atoms with E-state index in [2.05, 4.69) is 91.0 Å². The summed E-state index contributed by atoms with van der Waals surface area (Å²) in [7, 11) is 0. The second-order valence-electron chi connectivity index (χ2n) is 8.82. The van der Waals surface area contributed by atoms with Gasteiger partial charge in [-0.25, -0.2) is 0 Å². The van der Waals surface area contributed by atoms with Crippen molar-refractivity contribution < 1.29 is 0 Å². The van der Waals surface area contributed by atoms with Crippen LogP contribution in [0.4, 0.5) is 0 Å². The Morgan fingerprint density at radius 1 is 0.700 bits per heavy atom. The van der Waals surface area contributed by atoms with Gasteiger partial charge in [0.15, 0.2) is 0 Å². The Morgan fingerprint density at radius 2 is 1.27 bits per heavy atom. The molecule has 1 aliphatic heterocycles. The molecule has 0 aliphatic carbocycles. The first-order valence-electron chi connectivity index (χ1n) is 11.0. The Hall–Kier alpha value is -2.49. The van der Waals surface area contributed by atoms with Crippen LogP contribution in [0.15, 0.2) is 54.7 Å². The molecule has 4 rings (SSSR count). The van der Waals surface area contributed by atoms with Crippen LogP contribution in [0.5, 0.6) is 0 Å². The van der Waals surface area contributed by atoms with Crippen LogP contribution in [-0.2, 0) is 13.1 Å². The minimum atomic E-state index is 0.998. The maximum Gasteiger partial charge on any atom is 0.0705 e. The summed E-state index contributed by atoms with van der Waals surface area (Å²) in [4.78, 5) is 9.79. The highest BCUT2D eigenvalue weighted by atomic mass is 15.3. The highest BCUT2D eigenvalue weighted by Crippen LogP contribution is 2.24. The Kier molecular flexibility index (Phi) is 6.31. The molecule has 156 valence electrons. The first kappa shape index (κ1) is 20.8. The number of aromatic nitrogens is 1. The summed E-state index contributed by atoms with van der Waals surface area (Å²) in [5, 5.41) is 0. The molecule has 3 heteroatoms. The minimum absolute atomic E-state index is 0.998. The van der Waals surface area contributed by atoms with Crippen molar-refractivity contribution in [3.8, 4) is 11.3 Å². The average molecular weight is 400 g/mol. The summed E-state index contributed by atoms with van der Waals surface area (Å²) in [6.45, 7) is 15.3. The predicted octanol–water partition coefficient (Wildman–Crippen LogP) is 5.30. The fourth-order valence-corrected chi connectivity index (χ4v) is 4.23. The summed E-state index contributed by atoms with van der Waals surface area (Å²) in [6.07, 6.45) is 1.96. The predicted molar refractivity (Wildman–Crippen MR) is 126 cm³/mol. The third kappa shape index (κ3) is 4.97. The second kappa shape index (κ2) is 9.11. The summed E-state index contributed by atoms with van der Waals surface area (Å²) < 4.78 is 0. The zero-order chi connectivity index (χ0) is 21.1. The summed E-state index contributed by atoms with van der Waals surface area (Å²) in [5.74, 6) is 0. The van der Waals surface area contributed by atoms with Gasteiger partial charge in [-0.2, -0.15) is 0 Å². The van der Waals surface area contributed by atoms with Crippen LogP contribution in [0.2, 0.25) is 0 Å². The lowest BCUT2D eigenvalue weighted by Gasteiger charge is -2.34. The maximum absolute atomic E-state index is 4.65. The molecular formula is C27H33N3. The van der Waals surface area contributed by atoms with Gasteiger partial charge in [-0.1, -0.05) is 29.8 Å². The first-order valence-corrected chi connectivity index (χ1v) is 11.0. The lowest BCUT2D eigenvalue weighted by Crippen LogP contribution is -2.45. The Bertz CT molecular complexity index is 976. The summed E-state index contributed by atoms with van der Waals surface area (Å²) >= 11 is 0. The number of hydrogen-bond acceptors (Lipinski definition) is 3. The number of pyridine rings is 1. The van der Waals surface area contributed by atoms with Gasteiger partial charge in [0, 0.05) is 51.0 Å². The number of rotatable bonds is 5. The maximum atomic E-state index is 4.65. The van der Waals surface area contributed by atoms with Gasteiger partial charge in [-0.15, -0.1) is 0 Å². The third-order valence-electron chi connectivity index (χ3n) is 6.45. The molecule has 0 spiro atoms. The van der Waals surface area contributed by atoms with Gasteiger partial charge in [-0.05, 0) is 79.8 Å². The van der Waals surface area contributed by atoms with Gasteiger partial charge in [0.2, 0.25) is 0 Å². The third-order valence-corrected chi connectivity index (χ3v) is 6.45. The van der Waals surface area contributed by atoms with Crippen molar-refractivity contribution in [3.05, 3.63) is 88.1 Å². The van der Waals surface area contributed by atoms with Crippen molar-refractivity contribution in [3.63, 3.8) is 0 Å². The smallest absolute Gasteiger partial charge is 0.0705 e. The van der Waals surface area contributed by atoms with Crippen molar-refractivity contribution in [2.75, 3.05) is 26.2 Å². The Morgan fingerprint density at radius 3 is 1.87 bits per heavy atom. The van der Waals surface area contributed by atoms with Crippen LogP contribution in [-0.4, -0.2) is 41.0 Å². The summed E-state index contributed by atoms with van der Waals surface area (Å²) in [5.41, 5.74) is 10.4. The Balaban J connectivity index is 1.36. The molecule has 1 fully saturated rings. The van der Waals surface area contributed by atoms with E-state index in [4.69, 9.17) is 0 Å². The summed E-state index contributed by atoms with van der Waals surface area (Å²) in [6, 6.07) is 17.9. The van der Waals surface area contributed by atoms with Crippen LogP contribution in [0, 0.1) is 27.7 Å². The molecule has 3 aromatic rings. The molecule has 0 unspecified atom stereocenters. The van der Waals surface area contributed by atoms with Crippen molar-refractivity contribution in [1.82, 2.24) is 14.8 Å². The minimum Gasteiger partial charge on any atom is -0.297 e. The van der Waals surface area contributed by atoms with Crippen molar-refractivity contribution in [1.29, 1.82) is 0 Å². The number of nitrogens with zero attached hydrogens (tertiary/aromatic N) is 3. The molecule has 2 heterocycles. The fraction of sp³-hybridized carbons (Fsp3) is 0.370. The lowest BCUT2D eigenvalue weighted by atomic mass is 9.98. The molecule has 0 bridgehead atoms. The largest absolute Gasteiger partial charge is 0.297 e. The Labute approximate surface area is 181 Å². The number of aryl methyl sites for hydroxylation is 3. The van der Waals surface area contributed by atoms with Gasteiger partial charge >= 0.3 is 0 Å². The second-order valence-corrected chi connectivity index (χ2v) is 8.82. The quantitative estimate of drug-likeness (QED) is 0.580.